The number of halogens is 1. The summed E-state index contributed by atoms with van der Waals surface area (Å²) in [5.74, 6) is -5.98. The fourth-order valence-electron chi connectivity index (χ4n) is 0.684. The van der Waals surface area contributed by atoms with Crippen LogP contribution in [0.25, 0.3) is 0 Å². The molecular formula is C6H7ClO7Pb. The van der Waals surface area contributed by atoms with Crippen molar-refractivity contribution in [3.8, 4) is 0 Å². The summed E-state index contributed by atoms with van der Waals surface area (Å²) in [4.78, 5) is 30.0. The van der Waals surface area contributed by atoms with Gasteiger partial charge in [0, 0.05) is 24.8 Å². The van der Waals surface area contributed by atoms with Crippen molar-refractivity contribution < 1.29 is 34.8 Å². The summed E-state index contributed by atoms with van der Waals surface area (Å²) in [6, 6.07) is 0. The monoisotopic (exact) mass is 434 g/mol. The van der Waals surface area contributed by atoms with Crippen LogP contribution in [0.15, 0.2) is 0 Å². The maximum absolute atomic E-state index is 10.1. The summed E-state index contributed by atoms with van der Waals surface area (Å²) in [6.07, 6.45) is -2.72. The normalized spacial score (nSPS) is 9.40. The summed E-state index contributed by atoms with van der Waals surface area (Å²) in [5.41, 5.74) is -2.97. The van der Waals surface area contributed by atoms with Crippen LogP contribution in [0.2, 0.25) is 0 Å². The van der Waals surface area contributed by atoms with E-state index >= 15 is 0 Å². The van der Waals surface area contributed by atoms with E-state index in [1.165, 1.54) is 0 Å². The minimum atomic E-state index is -2.97. The molecule has 0 bridgehead atoms. The molecule has 0 aliphatic rings. The quantitative estimate of drug-likeness (QED) is 0.426. The molecule has 0 aromatic heterocycles. The molecule has 0 unspecified atom stereocenters. The van der Waals surface area contributed by atoms with E-state index in [9.17, 15) is 29.7 Å². The van der Waals surface area contributed by atoms with E-state index in [0.717, 1.165) is 0 Å². The van der Waals surface area contributed by atoms with Gasteiger partial charge in [-0.2, -0.15) is 0 Å². The predicted octanol–water partition coefficient (Wildman–Crippen LogP) is -5.48. The van der Waals surface area contributed by atoms with Crippen molar-refractivity contribution in [1.82, 2.24) is 0 Å². The molecule has 0 aromatic carbocycles. The second-order valence-electron chi connectivity index (χ2n) is 2.42. The second kappa shape index (κ2) is 7.82. The van der Waals surface area contributed by atoms with Gasteiger partial charge in [0.15, 0.2) is 0 Å². The van der Waals surface area contributed by atoms with Crippen LogP contribution in [0.5, 0.6) is 0 Å². The van der Waals surface area contributed by atoms with Gasteiger partial charge in [0.1, 0.15) is 5.60 Å². The molecule has 15 heavy (non-hydrogen) atoms. The van der Waals surface area contributed by atoms with Crippen LogP contribution in [0.3, 0.4) is 0 Å². The summed E-state index contributed by atoms with van der Waals surface area (Å²) < 4.78 is 0. The minimum absolute atomic E-state index is 0. The van der Waals surface area contributed by atoms with E-state index in [1.54, 1.807) is 0 Å². The Morgan fingerprint density at radius 3 is 1.40 bits per heavy atom. The van der Waals surface area contributed by atoms with Crippen LogP contribution in [-0.4, -0.2) is 55.9 Å². The van der Waals surface area contributed by atoms with E-state index in [-0.39, 0.29) is 39.7 Å². The molecule has 0 saturated carbocycles. The van der Waals surface area contributed by atoms with Gasteiger partial charge < -0.3 is 34.8 Å². The van der Waals surface area contributed by atoms with Crippen molar-refractivity contribution >= 4 is 57.6 Å². The van der Waals surface area contributed by atoms with Crippen LogP contribution in [0, 0.1) is 0 Å². The van der Waals surface area contributed by atoms with Crippen molar-refractivity contribution in [3.05, 3.63) is 0 Å². The van der Waals surface area contributed by atoms with Gasteiger partial charge in [-0.15, -0.1) is 12.4 Å². The second-order valence-corrected chi connectivity index (χ2v) is 2.42. The first kappa shape index (κ1) is 20.1. The van der Waals surface area contributed by atoms with Crippen molar-refractivity contribution in [2.24, 2.45) is 0 Å². The van der Waals surface area contributed by atoms with Crippen LogP contribution in [-0.2, 0) is 14.4 Å². The van der Waals surface area contributed by atoms with Gasteiger partial charge in [-0.25, -0.2) is 0 Å². The van der Waals surface area contributed by atoms with E-state index in [2.05, 4.69) is 0 Å². The first-order valence-electron chi connectivity index (χ1n) is 3.11. The van der Waals surface area contributed by atoms with Gasteiger partial charge in [-0.1, -0.05) is 0 Å². The Morgan fingerprint density at radius 1 is 1.00 bits per heavy atom. The molecule has 0 spiro atoms. The van der Waals surface area contributed by atoms with Crippen LogP contribution in [0.1, 0.15) is 12.8 Å². The molecule has 0 aliphatic carbocycles. The number of carbonyl (C=O) groups is 3. The Kier molecular flexibility index (Phi) is 10.5. The van der Waals surface area contributed by atoms with Crippen molar-refractivity contribution in [2.45, 2.75) is 18.4 Å². The van der Waals surface area contributed by atoms with E-state index in [4.69, 9.17) is 5.11 Å². The van der Waals surface area contributed by atoms with E-state index in [0.29, 0.717) is 0 Å². The van der Waals surface area contributed by atoms with Crippen LogP contribution < -0.4 is 15.3 Å². The number of hydrogen-bond acceptors (Lipinski definition) is 7. The number of carboxylic acid groups (broad SMARTS) is 3. The van der Waals surface area contributed by atoms with Gasteiger partial charge in [0.25, 0.3) is 0 Å². The van der Waals surface area contributed by atoms with Crippen LogP contribution in [0.4, 0.5) is 0 Å². The van der Waals surface area contributed by atoms with Crippen LogP contribution >= 0.6 is 12.4 Å². The fraction of sp³-hybridized carbons (Fsp3) is 0.500. The Hall–Kier alpha value is -0.418. The Labute approximate surface area is 111 Å². The number of carboxylic acids is 3. The molecule has 0 fully saturated rings. The third kappa shape index (κ3) is 7.50. The zero-order valence-electron chi connectivity index (χ0n) is 7.30. The van der Waals surface area contributed by atoms with Crippen molar-refractivity contribution in [3.63, 3.8) is 0 Å². The standard InChI is InChI=1S/C6H8O7.ClH.Pb.H/c7-3(8)1-6(13,5(11)12)2-4(9)10;;;/h13H,1-2H2,(H,7,8)(H,9,10)(H,11,12);1H;;/q;;+3;/p-3. The molecule has 1 N–H and O–H groups in total. The molecule has 0 radical (unpaired) electrons. The summed E-state index contributed by atoms with van der Waals surface area (Å²) in [5, 5.41) is 38.9. The average molecular weight is 434 g/mol. The molecule has 7 nitrogen and oxygen atoms in total. The number of hydrogen-bond donors (Lipinski definition) is 1. The average Bonchev–Trinajstić information content (AvgIpc) is 1.82. The molecule has 0 atom stereocenters. The predicted molar refractivity (Wildman–Crippen MR) is 43.6 cm³/mol. The van der Waals surface area contributed by atoms with Crippen molar-refractivity contribution in [2.75, 3.05) is 0 Å². The maximum atomic E-state index is 10.1. The zero-order chi connectivity index (χ0) is 10.6. The molecule has 0 aromatic rings. The van der Waals surface area contributed by atoms with Crippen molar-refractivity contribution in [1.29, 1.82) is 0 Å². The topological polar surface area (TPSA) is 141 Å². The molecule has 9 heteroatoms. The molecule has 0 saturated heterocycles. The first-order valence-corrected chi connectivity index (χ1v) is 3.11. The molecule has 84 valence electrons. The third-order valence-corrected chi connectivity index (χ3v) is 1.25. The van der Waals surface area contributed by atoms with Gasteiger partial charge in [0.05, 0.1) is 5.97 Å². The fourth-order valence-corrected chi connectivity index (χ4v) is 0.684. The van der Waals surface area contributed by atoms with Gasteiger partial charge in [0.2, 0.25) is 0 Å². The van der Waals surface area contributed by atoms with Gasteiger partial charge in [-0.05, 0) is 0 Å². The van der Waals surface area contributed by atoms with Gasteiger partial charge >= 0.3 is 27.3 Å². The number of rotatable bonds is 5. The molecule has 0 heterocycles. The summed E-state index contributed by atoms with van der Waals surface area (Å²) in [7, 11) is 0. The number of aliphatic carboxylic acids is 3. The Morgan fingerprint density at radius 2 is 1.27 bits per heavy atom. The molecule has 0 rings (SSSR count). The molecule has 0 aliphatic heterocycles. The summed E-state index contributed by atoms with van der Waals surface area (Å²) >= 11 is 0. The summed E-state index contributed by atoms with van der Waals surface area (Å²) in [6.45, 7) is 0. The molecule has 0 amide bonds. The first-order chi connectivity index (χ1) is 5.78. The Balaban J connectivity index is -0.000000720. The third-order valence-electron chi connectivity index (χ3n) is 1.25. The zero-order valence-corrected chi connectivity index (χ0v) is 12.6. The van der Waals surface area contributed by atoms with E-state index in [1.807, 2.05) is 0 Å². The number of carbonyl (C=O) groups excluding carboxylic acids is 3. The van der Waals surface area contributed by atoms with E-state index < -0.39 is 36.4 Å². The SMILES string of the molecule is Cl.O=C([O-])CC(O)(CC(=O)[O-])C(=O)[O-].[PbH+3]. The Bertz CT molecular complexity index is 238. The van der Waals surface area contributed by atoms with Gasteiger partial charge in [-0.3, -0.25) is 0 Å². The molecular weight excluding hydrogens is 427 g/mol. The number of aliphatic hydroxyl groups is 1.